The Balaban J connectivity index is 2.04. The summed E-state index contributed by atoms with van der Waals surface area (Å²) < 4.78 is 5.39. The van der Waals surface area contributed by atoms with Crippen LogP contribution in [0.15, 0.2) is 24.3 Å². The first-order valence-corrected chi connectivity index (χ1v) is 4.52. The van der Waals surface area contributed by atoms with Gasteiger partial charge in [-0.15, -0.1) is 0 Å². The zero-order valence-corrected chi connectivity index (χ0v) is 7.36. The molecule has 0 amide bonds. The van der Waals surface area contributed by atoms with Gasteiger partial charge in [-0.1, -0.05) is 12.1 Å². The molecule has 2 N–H and O–H groups in total. The number of hydrogen-bond donors (Lipinski definition) is 2. The van der Waals surface area contributed by atoms with Crippen LogP contribution < -0.4 is 5.32 Å². The highest BCUT2D eigenvalue weighted by Gasteiger charge is 2.15. The van der Waals surface area contributed by atoms with Gasteiger partial charge in [-0.3, -0.25) is 0 Å². The van der Waals surface area contributed by atoms with Crippen LogP contribution in [0.5, 0.6) is 5.75 Å². The number of phenolic OH excluding ortho intramolecular Hbond substituents is 1. The number of hydrogen-bond acceptors (Lipinski definition) is 3. The van der Waals surface area contributed by atoms with Crippen molar-refractivity contribution < 1.29 is 9.84 Å². The van der Waals surface area contributed by atoms with Crippen LogP contribution in [0.1, 0.15) is 12.8 Å². The number of benzene rings is 1. The van der Waals surface area contributed by atoms with Gasteiger partial charge in [-0.2, -0.15) is 0 Å². The quantitative estimate of drug-likeness (QED) is 0.682. The van der Waals surface area contributed by atoms with E-state index in [1.54, 1.807) is 12.1 Å². The number of nitrogens with one attached hydrogen (secondary N) is 1. The molecule has 0 radical (unpaired) electrons. The van der Waals surface area contributed by atoms with Crippen molar-refractivity contribution in [3.63, 3.8) is 0 Å². The van der Waals surface area contributed by atoms with Crippen molar-refractivity contribution in [1.82, 2.24) is 0 Å². The van der Waals surface area contributed by atoms with Crippen molar-refractivity contribution in [3.05, 3.63) is 24.3 Å². The van der Waals surface area contributed by atoms with Crippen molar-refractivity contribution >= 4 is 5.69 Å². The van der Waals surface area contributed by atoms with E-state index in [1.807, 2.05) is 12.1 Å². The fourth-order valence-corrected chi connectivity index (χ4v) is 1.46. The Morgan fingerprint density at radius 1 is 1.38 bits per heavy atom. The Labute approximate surface area is 77.3 Å². The van der Waals surface area contributed by atoms with Crippen LogP contribution in [0.2, 0.25) is 0 Å². The highest BCUT2D eigenvalue weighted by molar-refractivity contribution is 5.55. The zero-order chi connectivity index (χ0) is 9.10. The molecule has 1 atom stereocenters. The summed E-state index contributed by atoms with van der Waals surface area (Å²) in [6, 6.07) is 7.20. The molecule has 0 aromatic heterocycles. The van der Waals surface area contributed by atoms with Gasteiger partial charge in [0.2, 0.25) is 0 Å². The average Bonchev–Trinajstić information content (AvgIpc) is 2.61. The normalized spacial score (nSPS) is 21.7. The SMILES string of the molecule is Oc1ccccc1N[C@@H]1CCCO1. The summed E-state index contributed by atoms with van der Waals surface area (Å²) in [5.74, 6) is 0.276. The third kappa shape index (κ3) is 1.92. The van der Waals surface area contributed by atoms with Crippen molar-refractivity contribution in [2.24, 2.45) is 0 Å². The van der Waals surface area contributed by atoms with Crippen LogP contribution in [0.3, 0.4) is 0 Å². The Bertz CT molecular complexity index is 282. The van der Waals surface area contributed by atoms with Gasteiger partial charge in [0.25, 0.3) is 0 Å². The van der Waals surface area contributed by atoms with Gasteiger partial charge in [-0.05, 0) is 25.0 Å². The van der Waals surface area contributed by atoms with E-state index in [0.717, 1.165) is 25.1 Å². The molecule has 1 aliphatic heterocycles. The molecular weight excluding hydrogens is 166 g/mol. The molecule has 1 heterocycles. The second-order valence-corrected chi connectivity index (χ2v) is 3.16. The summed E-state index contributed by atoms with van der Waals surface area (Å²) in [4.78, 5) is 0. The number of ether oxygens (including phenoxy) is 1. The molecule has 70 valence electrons. The zero-order valence-electron chi connectivity index (χ0n) is 7.36. The number of aromatic hydroxyl groups is 1. The smallest absolute Gasteiger partial charge is 0.138 e. The van der Waals surface area contributed by atoms with Gasteiger partial charge in [0.05, 0.1) is 5.69 Å². The lowest BCUT2D eigenvalue weighted by Gasteiger charge is -2.13. The van der Waals surface area contributed by atoms with E-state index < -0.39 is 0 Å². The predicted molar refractivity (Wildman–Crippen MR) is 50.7 cm³/mol. The molecule has 0 unspecified atom stereocenters. The highest BCUT2D eigenvalue weighted by Crippen LogP contribution is 2.24. The molecule has 0 saturated carbocycles. The predicted octanol–water partition coefficient (Wildman–Crippen LogP) is 1.94. The third-order valence-corrected chi connectivity index (χ3v) is 2.15. The Morgan fingerprint density at radius 2 is 2.23 bits per heavy atom. The molecule has 1 aliphatic rings. The monoisotopic (exact) mass is 179 g/mol. The molecule has 0 bridgehead atoms. The van der Waals surface area contributed by atoms with E-state index in [2.05, 4.69) is 5.32 Å². The molecule has 1 aromatic carbocycles. The first-order valence-electron chi connectivity index (χ1n) is 4.52. The summed E-state index contributed by atoms with van der Waals surface area (Å²) in [7, 11) is 0. The summed E-state index contributed by atoms with van der Waals surface area (Å²) in [6.07, 6.45) is 2.16. The molecule has 3 heteroatoms. The van der Waals surface area contributed by atoms with Crippen molar-refractivity contribution in [2.45, 2.75) is 19.1 Å². The van der Waals surface area contributed by atoms with Gasteiger partial charge in [-0.25, -0.2) is 0 Å². The second kappa shape index (κ2) is 3.66. The van der Waals surface area contributed by atoms with Crippen LogP contribution in [0, 0.1) is 0 Å². The molecule has 2 rings (SSSR count). The maximum absolute atomic E-state index is 9.45. The van der Waals surface area contributed by atoms with Gasteiger partial charge < -0.3 is 15.2 Å². The first kappa shape index (κ1) is 8.38. The molecule has 3 nitrogen and oxygen atoms in total. The minimum atomic E-state index is 0.0632. The van der Waals surface area contributed by atoms with E-state index in [9.17, 15) is 5.11 Å². The minimum absolute atomic E-state index is 0.0632. The van der Waals surface area contributed by atoms with Gasteiger partial charge in [0, 0.05) is 6.61 Å². The number of phenols is 1. The van der Waals surface area contributed by atoms with Crippen LogP contribution >= 0.6 is 0 Å². The Kier molecular flexibility index (Phi) is 2.36. The maximum Gasteiger partial charge on any atom is 0.138 e. The van der Waals surface area contributed by atoms with E-state index in [4.69, 9.17) is 4.74 Å². The standard InChI is InChI=1S/C10H13NO2/c12-9-5-2-1-4-8(9)11-10-6-3-7-13-10/h1-2,4-5,10-12H,3,6-7H2/t10-/m0/s1. The van der Waals surface area contributed by atoms with Crippen LogP contribution in [-0.2, 0) is 4.74 Å². The lowest BCUT2D eigenvalue weighted by Crippen LogP contribution is -2.17. The largest absolute Gasteiger partial charge is 0.506 e. The molecule has 0 spiro atoms. The fourth-order valence-electron chi connectivity index (χ4n) is 1.46. The fraction of sp³-hybridized carbons (Fsp3) is 0.400. The second-order valence-electron chi connectivity index (χ2n) is 3.16. The minimum Gasteiger partial charge on any atom is -0.506 e. The molecule has 13 heavy (non-hydrogen) atoms. The van der Waals surface area contributed by atoms with Crippen LogP contribution in [-0.4, -0.2) is 17.9 Å². The molecule has 1 fully saturated rings. The molecule has 1 aromatic rings. The lowest BCUT2D eigenvalue weighted by atomic mass is 10.2. The molecule has 1 saturated heterocycles. The summed E-state index contributed by atoms with van der Waals surface area (Å²) in [5, 5.41) is 12.6. The number of anilines is 1. The van der Waals surface area contributed by atoms with Crippen LogP contribution in [0.4, 0.5) is 5.69 Å². The Hall–Kier alpha value is -1.22. The highest BCUT2D eigenvalue weighted by atomic mass is 16.5. The van der Waals surface area contributed by atoms with Gasteiger partial charge in [0.15, 0.2) is 0 Å². The van der Waals surface area contributed by atoms with Gasteiger partial charge in [0.1, 0.15) is 12.0 Å². The molecule has 0 aliphatic carbocycles. The van der Waals surface area contributed by atoms with Crippen molar-refractivity contribution in [3.8, 4) is 5.75 Å². The Morgan fingerprint density at radius 3 is 2.92 bits per heavy atom. The lowest BCUT2D eigenvalue weighted by molar-refractivity contribution is 0.131. The summed E-state index contributed by atoms with van der Waals surface area (Å²) in [5.41, 5.74) is 0.745. The summed E-state index contributed by atoms with van der Waals surface area (Å²) >= 11 is 0. The molecular formula is C10H13NO2. The average molecular weight is 179 g/mol. The van der Waals surface area contributed by atoms with Crippen LogP contribution in [0.25, 0.3) is 0 Å². The summed E-state index contributed by atoms with van der Waals surface area (Å²) in [6.45, 7) is 0.811. The number of para-hydroxylation sites is 2. The van der Waals surface area contributed by atoms with E-state index >= 15 is 0 Å². The van der Waals surface area contributed by atoms with E-state index in [-0.39, 0.29) is 12.0 Å². The third-order valence-electron chi connectivity index (χ3n) is 2.15. The van der Waals surface area contributed by atoms with Crippen molar-refractivity contribution in [1.29, 1.82) is 0 Å². The van der Waals surface area contributed by atoms with Gasteiger partial charge >= 0.3 is 0 Å². The maximum atomic E-state index is 9.45. The first-order chi connectivity index (χ1) is 6.36. The van der Waals surface area contributed by atoms with Crippen molar-refractivity contribution in [2.75, 3.05) is 11.9 Å². The number of rotatable bonds is 2. The topological polar surface area (TPSA) is 41.5 Å². The van der Waals surface area contributed by atoms with E-state index in [0.29, 0.717) is 0 Å². The van der Waals surface area contributed by atoms with E-state index in [1.165, 1.54) is 0 Å².